The molecule has 2 heterocycles. The van der Waals surface area contributed by atoms with Gasteiger partial charge in [0.25, 0.3) is 0 Å². The molecule has 1 aliphatic rings. The van der Waals surface area contributed by atoms with E-state index in [0.29, 0.717) is 23.9 Å². The van der Waals surface area contributed by atoms with Gasteiger partial charge in [0.1, 0.15) is 12.4 Å². The lowest BCUT2D eigenvalue weighted by atomic mass is 10.1. The molecule has 1 aromatic carbocycles. The van der Waals surface area contributed by atoms with Crippen LogP contribution in [0.15, 0.2) is 28.9 Å². The van der Waals surface area contributed by atoms with Gasteiger partial charge in [-0.3, -0.25) is 0 Å². The Morgan fingerprint density at radius 2 is 2.37 bits per heavy atom. The number of rotatable bonds is 3. The molecule has 1 atom stereocenters. The van der Waals surface area contributed by atoms with Crippen molar-refractivity contribution in [3.8, 4) is 5.88 Å². The molecule has 1 aliphatic heterocycles. The third kappa shape index (κ3) is 2.58. The van der Waals surface area contributed by atoms with Crippen LogP contribution in [0.25, 0.3) is 10.8 Å². The Hall–Kier alpha value is -1.20. The summed E-state index contributed by atoms with van der Waals surface area (Å²) in [6, 6.07) is 5.31. The lowest BCUT2D eigenvalue weighted by molar-refractivity contribution is 0.270. The molecule has 0 saturated carbocycles. The van der Waals surface area contributed by atoms with E-state index in [1.807, 2.05) is 6.07 Å². The van der Waals surface area contributed by atoms with Crippen molar-refractivity contribution < 1.29 is 9.13 Å². The van der Waals surface area contributed by atoms with Crippen molar-refractivity contribution in [2.45, 2.75) is 18.9 Å². The summed E-state index contributed by atoms with van der Waals surface area (Å²) in [5.74, 6) is 0.0608. The van der Waals surface area contributed by atoms with Crippen LogP contribution in [0.2, 0.25) is 0 Å². The summed E-state index contributed by atoms with van der Waals surface area (Å²) in [6.07, 6.45) is 3.91. The lowest BCUT2D eigenvalue weighted by Gasteiger charge is -2.13. The molecule has 0 bridgehead atoms. The number of benzene rings is 1. The second-order valence-electron chi connectivity index (χ2n) is 4.68. The minimum atomic E-state index is -0.305. The molecule has 1 N–H and O–H groups in total. The first kappa shape index (κ1) is 12.8. The van der Waals surface area contributed by atoms with Crippen LogP contribution in [0, 0.1) is 5.82 Å². The van der Waals surface area contributed by atoms with E-state index < -0.39 is 0 Å². The first-order valence-electron chi connectivity index (χ1n) is 6.34. The Balaban J connectivity index is 1.92. The SMILES string of the molecule is Fc1cccc2c(Br)cnc(OCC3CCCN3)c12. The second-order valence-corrected chi connectivity index (χ2v) is 5.53. The number of fused-ring (bicyclic) bond motifs is 1. The van der Waals surface area contributed by atoms with Crippen molar-refractivity contribution in [2.24, 2.45) is 0 Å². The van der Waals surface area contributed by atoms with Crippen LogP contribution < -0.4 is 10.1 Å². The molecular weight excluding hydrogens is 311 g/mol. The molecule has 0 aliphatic carbocycles. The maximum Gasteiger partial charge on any atom is 0.224 e. The van der Waals surface area contributed by atoms with E-state index in [-0.39, 0.29) is 5.82 Å². The molecule has 0 amide bonds. The average Bonchev–Trinajstić information content (AvgIpc) is 2.92. The van der Waals surface area contributed by atoms with Crippen molar-refractivity contribution in [1.82, 2.24) is 10.3 Å². The zero-order chi connectivity index (χ0) is 13.2. The maximum atomic E-state index is 14.0. The van der Waals surface area contributed by atoms with E-state index in [0.717, 1.165) is 29.2 Å². The fourth-order valence-corrected chi connectivity index (χ4v) is 2.81. The van der Waals surface area contributed by atoms with E-state index in [9.17, 15) is 4.39 Å². The first-order valence-corrected chi connectivity index (χ1v) is 7.14. The van der Waals surface area contributed by atoms with Gasteiger partial charge < -0.3 is 10.1 Å². The smallest absolute Gasteiger partial charge is 0.224 e. The van der Waals surface area contributed by atoms with E-state index >= 15 is 0 Å². The van der Waals surface area contributed by atoms with Crippen molar-refractivity contribution in [2.75, 3.05) is 13.2 Å². The highest BCUT2D eigenvalue weighted by molar-refractivity contribution is 9.10. The largest absolute Gasteiger partial charge is 0.475 e. The Kier molecular flexibility index (Phi) is 3.66. The molecule has 5 heteroatoms. The summed E-state index contributed by atoms with van der Waals surface area (Å²) in [7, 11) is 0. The van der Waals surface area contributed by atoms with Gasteiger partial charge in [-0.15, -0.1) is 0 Å². The molecule has 0 spiro atoms. The maximum absolute atomic E-state index is 14.0. The number of halogens is 2. The van der Waals surface area contributed by atoms with E-state index in [1.165, 1.54) is 6.07 Å². The number of pyridine rings is 1. The molecule has 1 fully saturated rings. The van der Waals surface area contributed by atoms with Gasteiger partial charge in [-0.2, -0.15) is 0 Å². The predicted molar refractivity (Wildman–Crippen MR) is 75.9 cm³/mol. The average molecular weight is 325 g/mol. The lowest BCUT2D eigenvalue weighted by Crippen LogP contribution is -2.28. The van der Waals surface area contributed by atoms with Crippen LogP contribution >= 0.6 is 15.9 Å². The van der Waals surface area contributed by atoms with Crippen molar-refractivity contribution >= 4 is 26.7 Å². The molecule has 3 nitrogen and oxygen atoms in total. The topological polar surface area (TPSA) is 34.1 Å². The summed E-state index contributed by atoms with van der Waals surface area (Å²) >= 11 is 3.39. The zero-order valence-corrected chi connectivity index (χ0v) is 11.9. The van der Waals surface area contributed by atoms with E-state index in [4.69, 9.17) is 4.74 Å². The molecule has 2 aromatic rings. The number of nitrogens with one attached hydrogen (secondary N) is 1. The van der Waals surface area contributed by atoms with Crippen LogP contribution in [0.4, 0.5) is 4.39 Å². The third-order valence-corrected chi connectivity index (χ3v) is 4.00. The van der Waals surface area contributed by atoms with E-state index in [1.54, 1.807) is 12.3 Å². The molecule has 3 rings (SSSR count). The number of ether oxygens (including phenoxy) is 1. The normalized spacial score (nSPS) is 18.9. The standard InChI is InChI=1S/C14H14BrFN2O/c15-11-7-18-14(19-8-9-3-2-6-17-9)13-10(11)4-1-5-12(13)16/h1,4-5,7,9,17H,2-3,6,8H2. The van der Waals surface area contributed by atoms with Crippen LogP contribution in [0.1, 0.15) is 12.8 Å². The Morgan fingerprint density at radius 3 is 3.16 bits per heavy atom. The highest BCUT2D eigenvalue weighted by Crippen LogP contribution is 2.31. The summed E-state index contributed by atoms with van der Waals surface area (Å²) in [4.78, 5) is 4.19. The van der Waals surface area contributed by atoms with Crippen LogP contribution in [-0.4, -0.2) is 24.2 Å². The van der Waals surface area contributed by atoms with Gasteiger partial charge in [0, 0.05) is 22.1 Å². The Bertz CT molecular complexity index is 599. The van der Waals surface area contributed by atoms with Gasteiger partial charge in [0.05, 0.1) is 5.39 Å². The monoisotopic (exact) mass is 324 g/mol. The van der Waals surface area contributed by atoms with Gasteiger partial charge in [-0.05, 0) is 41.4 Å². The van der Waals surface area contributed by atoms with Crippen LogP contribution in [-0.2, 0) is 0 Å². The van der Waals surface area contributed by atoms with Gasteiger partial charge in [-0.25, -0.2) is 9.37 Å². The predicted octanol–water partition coefficient (Wildman–Crippen LogP) is 3.27. The van der Waals surface area contributed by atoms with E-state index in [2.05, 4.69) is 26.2 Å². The summed E-state index contributed by atoms with van der Waals surface area (Å²) in [5.41, 5.74) is 0. The highest BCUT2D eigenvalue weighted by Gasteiger charge is 2.17. The fourth-order valence-electron chi connectivity index (χ4n) is 2.38. The van der Waals surface area contributed by atoms with Gasteiger partial charge in [0.2, 0.25) is 5.88 Å². The van der Waals surface area contributed by atoms with Crippen molar-refractivity contribution in [3.63, 3.8) is 0 Å². The molecule has 1 aromatic heterocycles. The first-order chi connectivity index (χ1) is 9.25. The van der Waals surface area contributed by atoms with Gasteiger partial charge in [0.15, 0.2) is 0 Å². The summed E-state index contributed by atoms with van der Waals surface area (Å²) in [6.45, 7) is 1.55. The molecule has 100 valence electrons. The third-order valence-electron chi connectivity index (χ3n) is 3.36. The number of nitrogens with zero attached hydrogens (tertiary/aromatic N) is 1. The zero-order valence-electron chi connectivity index (χ0n) is 10.3. The molecule has 1 saturated heterocycles. The quantitative estimate of drug-likeness (QED) is 0.940. The van der Waals surface area contributed by atoms with Crippen molar-refractivity contribution in [1.29, 1.82) is 0 Å². The Morgan fingerprint density at radius 1 is 1.47 bits per heavy atom. The van der Waals surface area contributed by atoms with Crippen LogP contribution in [0.5, 0.6) is 5.88 Å². The number of hydrogen-bond acceptors (Lipinski definition) is 3. The molecule has 19 heavy (non-hydrogen) atoms. The fraction of sp³-hybridized carbons (Fsp3) is 0.357. The van der Waals surface area contributed by atoms with Crippen molar-refractivity contribution in [3.05, 3.63) is 34.7 Å². The summed E-state index contributed by atoms with van der Waals surface area (Å²) < 4.78 is 20.4. The number of hydrogen-bond donors (Lipinski definition) is 1. The number of aromatic nitrogens is 1. The second kappa shape index (κ2) is 5.43. The molecule has 0 radical (unpaired) electrons. The summed E-state index contributed by atoms with van der Waals surface area (Å²) in [5, 5.41) is 4.57. The molecule has 1 unspecified atom stereocenters. The van der Waals surface area contributed by atoms with Gasteiger partial charge in [-0.1, -0.05) is 12.1 Å². The van der Waals surface area contributed by atoms with Gasteiger partial charge >= 0.3 is 0 Å². The molecular formula is C14H14BrFN2O. The minimum absolute atomic E-state index is 0.305. The Labute approximate surface area is 119 Å². The van der Waals surface area contributed by atoms with Crippen LogP contribution in [0.3, 0.4) is 0 Å². The highest BCUT2D eigenvalue weighted by atomic mass is 79.9. The minimum Gasteiger partial charge on any atom is -0.475 e.